The molecular weight excluding hydrogens is 260 g/mol. The fraction of sp³-hybridized carbons (Fsp3) is 0.824. The van der Waals surface area contributed by atoms with Crippen LogP contribution >= 0.6 is 0 Å². The molecule has 2 aliphatic rings. The van der Waals surface area contributed by atoms with Crippen LogP contribution in [0.1, 0.15) is 63.6 Å². The molecule has 1 N–H and O–H groups in total. The lowest BCUT2D eigenvalue weighted by atomic mass is 9.96. The van der Waals surface area contributed by atoms with Crippen molar-refractivity contribution in [3.8, 4) is 0 Å². The molecule has 2 fully saturated rings. The molecule has 3 rings (SSSR count). The number of hydrogen-bond acceptors (Lipinski definition) is 3. The molecule has 118 valence electrons. The molecule has 1 aliphatic heterocycles. The summed E-state index contributed by atoms with van der Waals surface area (Å²) in [6.07, 6.45) is 11.6. The average Bonchev–Trinajstić information content (AvgIpc) is 3.17. The SMILES string of the molecule is CCN1CCCC1CNCc1ccn(C2CCCCC2)n1. The summed E-state index contributed by atoms with van der Waals surface area (Å²) >= 11 is 0. The Kier molecular flexibility index (Phi) is 5.31. The van der Waals surface area contributed by atoms with Crippen LogP contribution in [0.4, 0.5) is 0 Å². The summed E-state index contributed by atoms with van der Waals surface area (Å²) in [5, 5.41) is 8.38. The lowest BCUT2D eigenvalue weighted by Gasteiger charge is -2.23. The topological polar surface area (TPSA) is 33.1 Å². The number of nitrogens with one attached hydrogen (secondary N) is 1. The van der Waals surface area contributed by atoms with Gasteiger partial charge >= 0.3 is 0 Å². The second-order valence-electron chi connectivity index (χ2n) is 6.63. The average molecular weight is 290 g/mol. The van der Waals surface area contributed by atoms with Gasteiger partial charge in [0.1, 0.15) is 0 Å². The van der Waals surface area contributed by atoms with Gasteiger partial charge in [-0.05, 0) is 44.8 Å². The Balaban J connectivity index is 1.44. The maximum absolute atomic E-state index is 4.78. The maximum atomic E-state index is 4.78. The van der Waals surface area contributed by atoms with Crippen LogP contribution in [-0.2, 0) is 6.54 Å². The monoisotopic (exact) mass is 290 g/mol. The smallest absolute Gasteiger partial charge is 0.0762 e. The van der Waals surface area contributed by atoms with Gasteiger partial charge in [-0.25, -0.2) is 0 Å². The highest BCUT2D eigenvalue weighted by Gasteiger charge is 2.22. The van der Waals surface area contributed by atoms with Crippen LogP contribution < -0.4 is 5.32 Å². The van der Waals surface area contributed by atoms with Gasteiger partial charge in [-0.15, -0.1) is 0 Å². The van der Waals surface area contributed by atoms with E-state index in [-0.39, 0.29) is 0 Å². The fourth-order valence-corrected chi connectivity index (χ4v) is 3.93. The van der Waals surface area contributed by atoms with Gasteiger partial charge < -0.3 is 5.32 Å². The summed E-state index contributed by atoms with van der Waals surface area (Å²) in [5.41, 5.74) is 1.20. The van der Waals surface area contributed by atoms with E-state index in [0.717, 1.165) is 19.1 Å². The van der Waals surface area contributed by atoms with E-state index in [2.05, 4.69) is 34.1 Å². The molecule has 1 aromatic heterocycles. The first-order chi connectivity index (χ1) is 10.4. The van der Waals surface area contributed by atoms with Crippen molar-refractivity contribution >= 4 is 0 Å². The molecule has 1 aliphatic carbocycles. The second-order valence-corrected chi connectivity index (χ2v) is 6.63. The van der Waals surface area contributed by atoms with Crippen molar-refractivity contribution in [3.05, 3.63) is 18.0 Å². The Morgan fingerprint density at radius 2 is 2.05 bits per heavy atom. The second kappa shape index (κ2) is 7.41. The van der Waals surface area contributed by atoms with E-state index in [4.69, 9.17) is 5.10 Å². The molecule has 2 heterocycles. The van der Waals surface area contributed by atoms with E-state index < -0.39 is 0 Å². The van der Waals surface area contributed by atoms with Gasteiger partial charge in [-0.2, -0.15) is 5.10 Å². The van der Waals surface area contributed by atoms with Crippen LogP contribution in [0.3, 0.4) is 0 Å². The highest BCUT2D eigenvalue weighted by molar-refractivity contribution is 5.00. The van der Waals surface area contributed by atoms with Crippen molar-refractivity contribution in [3.63, 3.8) is 0 Å². The molecule has 1 saturated carbocycles. The summed E-state index contributed by atoms with van der Waals surface area (Å²) in [4.78, 5) is 2.59. The maximum Gasteiger partial charge on any atom is 0.0762 e. The third kappa shape index (κ3) is 3.86. The van der Waals surface area contributed by atoms with E-state index in [1.54, 1.807) is 0 Å². The van der Waals surface area contributed by atoms with E-state index in [1.807, 2.05) is 0 Å². The molecule has 0 amide bonds. The summed E-state index contributed by atoms with van der Waals surface area (Å²) < 4.78 is 2.21. The van der Waals surface area contributed by atoms with Crippen molar-refractivity contribution in [1.29, 1.82) is 0 Å². The molecule has 0 bridgehead atoms. The van der Waals surface area contributed by atoms with E-state index in [1.165, 1.54) is 63.7 Å². The van der Waals surface area contributed by atoms with Gasteiger partial charge in [-0.1, -0.05) is 26.2 Å². The first-order valence-corrected chi connectivity index (χ1v) is 8.85. The Bertz CT molecular complexity index is 422. The third-order valence-corrected chi connectivity index (χ3v) is 5.20. The summed E-state index contributed by atoms with van der Waals surface area (Å²) in [5.74, 6) is 0. The van der Waals surface area contributed by atoms with Gasteiger partial charge in [0.05, 0.1) is 11.7 Å². The van der Waals surface area contributed by atoms with Gasteiger partial charge in [0, 0.05) is 25.3 Å². The van der Waals surface area contributed by atoms with E-state index in [0.29, 0.717) is 6.04 Å². The molecule has 0 radical (unpaired) electrons. The lowest BCUT2D eigenvalue weighted by Crippen LogP contribution is -2.37. The van der Waals surface area contributed by atoms with Crippen LogP contribution in [0.25, 0.3) is 0 Å². The van der Waals surface area contributed by atoms with Crippen LogP contribution in [0.2, 0.25) is 0 Å². The van der Waals surface area contributed by atoms with E-state index in [9.17, 15) is 0 Å². The molecule has 1 unspecified atom stereocenters. The van der Waals surface area contributed by atoms with Crippen LogP contribution in [0.5, 0.6) is 0 Å². The molecule has 21 heavy (non-hydrogen) atoms. The van der Waals surface area contributed by atoms with Crippen molar-refractivity contribution < 1.29 is 0 Å². The third-order valence-electron chi connectivity index (χ3n) is 5.20. The molecule has 0 spiro atoms. The fourth-order valence-electron chi connectivity index (χ4n) is 3.93. The number of rotatable bonds is 6. The minimum Gasteiger partial charge on any atom is -0.310 e. The van der Waals surface area contributed by atoms with Gasteiger partial charge in [0.15, 0.2) is 0 Å². The first-order valence-electron chi connectivity index (χ1n) is 8.85. The standard InChI is InChI=1S/C17H30N4/c1-2-20-11-6-9-17(20)14-18-13-15-10-12-21(19-15)16-7-4-3-5-8-16/h10,12,16-18H,2-9,11,13-14H2,1H3. The Hall–Kier alpha value is -0.870. The molecule has 1 saturated heterocycles. The Morgan fingerprint density at radius 3 is 2.86 bits per heavy atom. The van der Waals surface area contributed by atoms with Crippen LogP contribution in [-0.4, -0.2) is 40.4 Å². The normalized spacial score (nSPS) is 24.7. The minimum absolute atomic E-state index is 0.651. The predicted molar refractivity (Wildman–Crippen MR) is 86.3 cm³/mol. The molecular formula is C17H30N4. The minimum atomic E-state index is 0.651. The summed E-state index contributed by atoms with van der Waals surface area (Å²) in [6, 6.07) is 3.57. The number of nitrogens with zero attached hydrogens (tertiary/aromatic N) is 3. The summed E-state index contributed by atoms with van der Waals surface area (Å²) in [6.45, 7) is 6.74. The van der Waals surface area contributed by atoms with Gasteiger partial charge in [0.2, 0.25) is 0 Å². The zero-order valence-electron chi connectivity index (χ0n) is 13.4. The highest BCUT2D eigenvalue weighted by Crippen LogP contribution is 2.27. The number of hydrogen-bond donors (Lipinski definition) is 1. The Morgan fingerprint density at radius 1 is 1.19 bits per heavy atom. The van der Waals surface area contributed by atoms with Crippen molar-refractivity contribution in [2.24, 2.45) is 0 Å². The highest BCUT2D eigenvalue weighted by atomic mass is 15.3. The predicted octanol–water partition coefficient (Wildman–Crippen LogP) is 2.96. The molecule has 1 aromatic rings. The largest absolute Gasteiger partial charge is 0.310 e. The first kappa shape index (κ1) is 15.0. The van der Waals surface area contributed by atoms with Crippen molar-refractivity contribution in [2.75, 3.05) is 19.6 Å². The Labute approximate surface area is 128 Å². The number of aromatic nitrogens is 2. The molecule has 4 heteroatoms. The van der Waals surface area contributed by atoms with Crippen LogP contribution in [0, 0.1) is 0 Å². The zero-order valence-corrected chi connectivity index (χ0v) is 13.4. The van der Waals surface area contributed by atoms with Gasteiger partial charge in [0.25, 0.3) is 0 Å². The van der Waals surface area contributed by atoms with E-state index >= 15 is 0 Å². The van der Waals surface area contributed by atoms with Gasteiger partial charge in [-0.3, -0.25) is 9.58 Å². The summed E-state index contributed by atoms with van der Waals surface area (Å²) in [7, 11) is 0. The number of likely N-dealkylation sites (N-methyl/N-ethyl adjacent to an activating group) is 1. The molecule has 4 nitrogen and oxygen atoms in total. The van der Waals surface area contributed by atoms with Crippen molar-refractivity contribution in [2.45, 2.75) is 70.5 Å². The molecule has 0 aromatic carbocycles. The van der Waals surface area contributed by atoms with Crippen molar-refractivity contribution in [1.82, 2.24) is 20.0 Å². The zero-order chi connectivity index (χ0) is 14.5. The number of likely N-dealkylation sites (tertiary alicyclic amines) is 1. The molecule has 1 atom stereocenters. The lowest BCUT2D eigenvalue weighted by molar-refractivity contribution is 0.259. The quantitative estimate of drug-likeness (QED) is 0.874. The van der Waals surface area contributed by atoms with Crippen LogP contribution in [0.15, 0.2) is 12.3 Å².